The smallest absolute Gasteiger partial charge is 0.262 e. The van der Waals surface area contributed by atoms with Crippen molar-refractivity contribution in [2.75, 3.05) is 36.8 Å². The summed E-state index contributed by atoms with van der Waals surface area (Å²) in [6, 6.07) is 22.2. The minimum absolute atomic E-state index is 0.0865. The van der Waals surface area contributed by atoms with Gasteiger partial charge in [0.2, 0.25) is 11.8 Å². The molecule has 4 amide bonds. The number of carbonyl (C=O) groups excluding carboxylic acids is 4. The number of benzene rings is 3. The molecule has 268 valence electrons. The van der Waals surface area contributed by atoms with Gasteiger partial charge in [-0.05, 0) is 73.4 Å². The molecule has 0 radical (unpaired) electrons. The molecule has 5 aromatic rings. The maximum absolute atomic E-state index is 13.4. The number of nitrogens with zero attached hydrogens (tertiary/aromatic N) is 7. The summed E-state index contributed by atoms with van der Waals surface area (Å²) in [6.07, 6.45) is 2.59. The van der Waals surface area contributed by atoms with Crippen molar-refractivity contribution in [3.8, 4) is 22.8 Å². The van der Waals surface area contributed by atoms with Gasteiger partial charge in [-0.3, -0.25) is 34.3 Å². The highest BCUT2D eigenvalue weighted by Gasteiger charge is 2.45. The van der Waals surface area contributed by atoms with E-state index in [9.17, 15) is 19.2 Å². The van der Waals surface area contributed by atoms with E-state index < -0.39 is 29.7 Å². The highest BCUT2D eigenvalue weighted by Crippen LogP contribution is 2.39. The van der Waals surface area contributed by atoms with E-state index in [2.05, 4.69) is 32.0 Å². The Labute approximate surface area is 304 Å². The number of ether oxygens (including phenoxy) is 1. The van der Waals surface area contributed by atoms with Crippen LogP contribution in [-0.4, -0.2) is 91.4 Å². The zero-order valence-electron chi connectivity index (χ0n) is 29.0. The lowest BCUT2D eigenvalue weighted by Crippen LogP contribution is -2.62. The third-order valence-electron chi connectivity index (χ3n) is 11.0. The third kappa shape index (κ3) is 5.66. The summed E-state index contributed by atoms with van der Waals surface area (Å²) in [5.74, 6) is 0.146. The van der Waals surface area contributed by atoms with E-state index in [4.69, 9.17) is 15.6 Å². The standard InChI is InChI=1S/C39H37N9O5/c1-22-18-45(25-19-46(20-25)24-9-12-28-29(17-24)39(52)47(38(28)51)31-13-14-32(49)43-37(31)50)16-15-30(22)48-36-33(35(40)41-21-42-36)34(44-48)23-7-10-27(11-8-23)53-26-5-3-2-4-6-26/h2-12,17,21-22,25,30-31H,13-16,18-20H2,1H3,(H2,40,41,42)(H,43,49,50). The van der Waals surface area contributed by atoms with Gasteiger partial charge in [-0.15, -0.1) is 0 Å². The largest absolute Gasteiger partial charge is 0.457 e. The first-order valence-electron chi connectivity index (χ1n) is 17.9. The summed E-state index contributed by atoms with van der Waals surface area (Å²) in [6.45, 7) is 5.59. The molecule has 0 aliphatic carbocycles. The van der Waals surface area contributed by atoms with Crippen LogP contribution in [0.3, 0.4) is 0 Å². The summed E-state index contributed by atoms with van der Waals surface area (Å²) in [5.41, 5.74) is 10.2. The van der Waals surface area contributed by atoms with Gasteiger partial charge in [-0.1, -0.05) is 25.1 Å². The molecular weight excluding hydrogens is 674 g/mol. The number of nitrogens with two attached hydrogens (primary N) is 1. The predicted molar refractivity (Wildman–Crippen MR) is 195 cm³/mol. The first-order chi connectivity index (χ1) is 25.7. The molecule has 6 heterocycles. The minimum atomic E-state index is -0.982. The first kappa shape index (κ1) is 32.7. The van der Waals surface area contributed by atoms with Crippen molar-refractivity contribution in [2.24, 2.45) is 5.92 Å². The summed E-state index contributed by atoms with van der Waals surface area (Å²) < 4.78 is 8.03. The van der Waals surface area contributed by atoms with Gasteiger partial charge < -0.3 is 15.4 Å². The molecule has 9 rings (SSSR count). The van der Waals surface area contributed by atoms with Gasteiger partial charge in [0.1, 0.15) is 35.4 Å². The van der Waals surface area contributed by atoms with Gasteiger partial charge in [0.15, 0.2) is 5.65 Å². The molecule has 14 heteroatoms. The van der Waals surface area contributed by atoms with Crippen LogP contribution in [0.2, 0.25) is 0 Å². The maximum Gasteiger partial charge on any atom is 0.262 e. The number of imide groups is 2. The van der Waals surface area contributed by atoms with Gasteiger partial charge in [-0.25, -0.2) is 14.6 Å². The van der Waals surface area contributed by atoms with E-state index in [0.717, 1.165) is 77.0 Å². The lowest BCUT2D eigenvalue weighted by Gasteiger charge is -2.50. The lowest BCUT2D eigenvalue weighted by atomic mass is 9.91. The maximum atomic E-state index is 13.4. The molecule has 0 saturated carbocycles. The van der Waals surface area contributed by atoms with E-state index >= 15 is 0 Å². The number of amides is 4. The van der Waals surface area contributed by atoms with Crippen molar-refractivity contribution in [1.29, 1.82) is 0 Å². The second kappa shape index (κ2) is 12.8. The highest BCUT2D eigenvalue weighted by atomic mass is 16.5. The van der Waals surface area contributed by atoms with Crippen LogP contribution in [0.15, 0.2) is 79.1 Å². The molecule has 2 aromatic heterocycles. The Morgan fingerprint density at radius 3 is 2.36 bits per heavy atom. The first-order valence-corrected chi connectivity index (χ1v) is 17.9. The predicted octanol–water partition coefficient (Wildman–Crippen LogP) is 4.04. The molecule has 3 fully saturated rings. The summed E-state index contributed by atoms with van der Waals surface area (Å²) in [5, 5.41) is 8.10. The molecule has 0 spiro atoms. The number of nitrogen functional groups attached to an aromatic ring is 1. The number of piperidine rings is 2. The van der Waals surface area contributed by atoms with E-state index in [1.54, 1.807) is 12.1 Å². The van der Waals surface area contributed by atoms with Crippen molar-refractivity contribution < 1.29 is 23.9 Å². The second-order valence-electron chi connectivity index (χ2n) is 14.3. The Morgan fingerprint density at radius 1 is 0.849 bits per heavy atom. The summed E-state index contributed by atoms with van der Waals surface area (Å²) in [7, 11) is 0. The second-order valence-corrected chi connectivity index (χ2v) is 14.3. The van der Waals surface area contributed by atoms with Crippen LogP contribution < -0.4 is 20.7 Å². The number of likely N-dealkylation sites (tertiary alicyclic amines) is 1. The van der Waals surface area contributed by atoms with Gasteiger partial charge in [0, 0.05) is 49.9 Å². The number of fused-ring (bicyclic) bond motifs is 2. The van der Waals surface area contributed by atoms with E-state index in [1.807, 2.05) is 65.3 Å². The van der Waals surface area contributed by atoms with Gasteiger partial charge in [0.25, 0.3) is 11.8 Å². The Balaban J connectivity index is 0.870. The highest BCUT2D eigenvalue weighted by molar-refractivity contribution is 6.23. The molecule has 14 nitrogen and oxygen atoms in total. The number of aromatic nitrogens is 4. The van der Waals surface area contributed by atoms with Gasteiger partial charge in [-0.2, -0.15) is 5.10 Å². The fourth-order valence-corrected chi connectivity index (χ4v) is 8.15. The molecule has 3 N–H and O–H groups in total. The normalized spacial score (nSPS) is 22.2. The van der Waals surface area contributed by atoms with Crippen molar-refractivity contribution in [3.63, 3.8) is 0 Å². The number of carbonyl (C=O) groups is 4. The molecule has 3 atom stereocenters. The third-order valence-corrected chi connectivity index (χ3v) is 11.0. The summed E-state index contributed by atoms with van der Waals surface area (Å²) >= 11 is 0. The number of para-hydroxylation sites is 1. The Bertz CT molecular complexity index is 2290. The zero-order valence-corrected chi connectivity index (χ0v) is 29.0. The molecule has 3 saturated heterocycles. The van der Waals surface area contributed by atoms with Gasteiger partial charge >= 0.3 is 0 Å². The van der Waals surface area contributed by atoms with Crippen LogP contribution in [0.4, 0.5) is 11.5 Å². The monoisotopic (exact) mass is 711 g/mol. The molecular formula is C39H37N9O5. The Hall–Kier alpha value is -6.15. The molecule has 4 aliphatic rings. The number of anilines is 2. The fraction of sp³-hybridized carbons (Fsp3) is 0.308. The van der Waals surface area contributed by atoms with Crippen LogP contribution in [0.5, 0.6) is 11.5 Å². The number of hydrogen-bond acceptors (Lipinski definition) is 11. The Kier molecular flexibility index (Phi) is 7.91. The van der Waals surface area contributed by atoms with E-state index in [-0.39, 0.29) is 30.4 Å². The number of rotatable bonds is 7. The van der Waals surface area contributed by atoms with Crippen LogP contribution in [0.25, 0.3) is 22.3 Å². The quantitative estimate of drug-likeness (QED) is 0.234. The fourth-order valence-electron chi connectivity index (χ4n) is 8.15. The van der Waals surface area contributed by atoms with Crippen LogP contribution in [0, 0.1) is 5.92 Å². The van der Waals surface area contributed by atoms with E-state index in [1.165, 1.54) is 6.33 Å². The average molecular weight is 712 g/mol. The Morgan fingerprint density at radius 2 is 1.60 bits per heavy atom. The van der Waals surface area contributed by atoms with Crippen molar-refractivity contribution >= 4 is 46.2 Å². The topological polar surface area (TPSA) is 169 Å². The van der Waals surface area contributed by atoms with Crippen LogP contribution in [-0.2, 0) is 9.59 Å². The SMILES string of the molecule is CC1CN(C2CN(c3ccc4c(c3)C(=O)N(C3CCC(=O)NC3=O)C4=O)C2)CCC1n1nc(-c2ccc(Oc3ccccc3)cc2)c2c(N)ncnc21. The number of nitrogens with one attached hydrogen (secondary N) is 1. The number of hydrogen-bond donors (Lipinski definition) is 2. The summed E-state index contributed by atoms with van der Waals surface area (Å²) in [4.78, 5) is 65.3. The van der Waals surface area contributed by atoms with Crippen molar-refractivity contribution in [3.05, 3.63) is 90.3 Å². The minimum Gasteiger partial charge on any atom is -0.457 e. The zero-order chi connectivity index (χ0) is 36.4. The molecule has 53 heavy (non-hydrogen) atoms. The van der Waals surface area contributed by atoms with Crippen molar-refractivity contribution in [2.45, 2.75) is 44.3 Å². The average Bonchev–Trinajstić information content (AvgIpc) is 3.64. The van der Waals surface area contributed by atoms with Crippen LogP contribution >= 0.6 is 0 Å². The molecule has 3 unspecified atom stereocenters. The molecule has 4 aliphatic heterocycles. The van der Waals surface area contributed by atoms with Crippen LogP contribution in [0.1, 0.15) is 52.9 Å². The van der Waals surface area contributed by atoms with E-state index in [0.29, 0.717) is 17.4 Å². The molecule has 3 aromatic carbocycles. The van der Waals surface area contributed by atoms with Gasteiger partial charge in [0.05, 0.1) is 22.6 Å². The van der Waals surface area contributed by atoms with Crippen molar-refractivity contribution in [1.82, 2.24) is 34.9 Å². The molecule has 0 bridgehead atoms. The lowest BCUT2D eigenvalue weighted by molar-refractivity contribution is -0.136.